The van der Waals surface area contributed by atoms with Gasteiger partial charge in [0.2, 0.25) is 0 Å². The van der Waals surface area contributed by atoms with E-state index in [9.17, 15) is 0 Å². The van der Waals surface area contributed by atoms with Gasteiger partial charge in [0.1, 0.15) is 18.1 Å². The minimum Gasteiger partial charge on any atom is -0.316 e. The Morgan fingerprint density at radius 1 is 1.05 bits per heavy atom. The van der Waals surface area contributed by atoms with Gasteiger partial charge in [0.25, 0.3) is 0 Å². The summed E-state index contributed by atoms with van der Waals surface area (Å²) in [6.45, 7) is 0. The Morgan fingerprint density at radius 2 is 1.70 bits per heavy atom. The third-order valence-electron chi connectivity index (χ3n) is 2.31. The van der Waals surface area contributed by atoms with Crippen LogP contribution in [0.25, 0.3) is 0 Å². The van der Waals surface area contributed by atoms with E-state index in [1.807, 2.05) is 36.4 Å². The van der Waals surface area contributed by atoms with E-state index < -0.39 is 0 Å². The van der Waals surface area contributed by atoms with Crippen molar-refractivity contribution in [1.82, 2.24) is 0 Å². The molecule has 0 aliphatic rings. The minimum absolute atomic E-state index is 0.0315. The number of rotatable bonds is 4. The first-order valence-corrected chi connectivity index (χ1v) is 7.03. The van der Waals surface area contributed by atoms with Crippen LogP contribution >= 0.6 is 35.2 Å². The Hall–Kier alpha value is -1.67. The van der Waals surface area contributed by atoms with E-state index >= 15 is 0 Å². The number of nitrogens with zero attached hydrogens (tertiary/aromatic N) is 2. The van der Waals surface area contributed by atoms with E-state index in [1.165, 1.54) is 0 Å². The Morgan fingerprint density at radius 3 is 2.30 bits per heavy atom. The van der Waals surface area contributed by atoms with Crippen molar-refractivity contribution >= 4 is 41.0 Å². The number of oxime groups is 1. The van der Waals surface area contributed by atoms with Gasteiger partial charge in [-0.3, -0.25) is 0 Å². The summed E-state index contributed by atoms with van der Waals surface area (Å²) in [5.41, 5.74) is 0.399. The van der Waals surface area contributed by atoms with Gasteiger partial charge in [0.15, 0.2) is 5.71 Å². The van der Waals surface area contributed by atoms with Crippen LogP contribution in [0.1, 0.15) is 5.56 Å². The van der Waals surface area contributed by atoms with Crippen LogP contribution in [0.15, 0.2) is 58.6 Å². The molecule has 100 valence electrons. The molecule has 0 aromatic heterocycles. The third kappa shape index (κ3) is 3.67. The van der Waals surface area contributed by atoms with Crippen LogP contribution in [-0.2, 0) is 4.28 Å². The Balaban J connectivity index is 2.17. The lowest BCUT2D eigenvalue weighted by Crippen LogP contribution is -1.99. The van der Waals surface area contributed by atoms with Gasteiger partial charge in [-0.25, -0.2) is 0 Å². The van der Waals surface area contributed by atoms with E-state index in [2.05, 4.69) is 5.16 Å². The minimum atomic E-state index is 0.0315. The zero-order chi connectivity index (χ0) is 14.4. The molecule has 2 aromatic carbocycles. The molecule has 0 spiro atoms. The SMILES string of the molecule is N#CC(=NOSc1ccccc1)c1c(Cl)cccc1Cl. The molecular weight excluding hydrogens is 315 g/mol. The molecule has 0 saturated heterocycles. The average molecular weight is 323 g/mol. The Kier molecular flexibility index (Phi) is 5.31. The van der Waals surface area contributed by atoms with Crippen LogP contribution in [-0.4, -0.2) is 5.71 Å². The van der Waals surface area contributed by atoms with E-state index in [0.29, 0.717) is 15.6 Å². The smallest absolute Gasteiger partial charge is 0.191 e. The second kappa shape index (κ2) is 7.20. The summed E-state index contributed by atoms with van der Waals surface area (Å²) in [7, 11) is 0. The van der Waals surface area contributed by atoms with Crippen LogP contribution in [0.4, 0.5) is 0 Å². The monoisotopic (exact) mass is 322 g/mol. The van der Waals surface area contributed by atoms with Gasteiger partial charge in [0.05, 0.1) is 20.5 Å². The van der Waals surface area contributed by atoms with Crippen LogP contribution in [0, 0.1) is 11.3 Å². The topological polar surface area (TPSA) is 45.4 Å². The highest BCUT2D eigenvalue weighted by Gasteiger charge is 2.13. The van der Waals surface area contributed by atoms with Crippen molar-refractivity contribution in [2.24, 2.45) is 5.16 Å². The molecular formula is C14H8Cl2N2OS. The van der Waals surface area contributed by atoms with E-state index in [0.717, 1.165) is 16.9 Å². The van der Waals surface area contributed by atoms with Crippen molar-refractivity contribution in [1.29, 1.82) is 5.26 Å². The molecule has 2 aromatic rings. The molecule has 0 unspecified atom stereocenters. The highest BCUT2D eigenvalue weighted by atomic mass is 35.5. The van der Waals surface area contributed by atoms with E-state index in [-0.39, 0.29) is 5.71 Å². The van der Waals surface area contributed by atoms with Crippen molar-refractivity contribution in [3.63, 3.8) is 0 Å². The maximum Gasteiger partial charge on any atom is 0.191 e. The molecule has 6 heteroatoms. The zero-order valence-electron chi connectivity index (χ0n) is 10.1. The molecule has 0 amide bonds. The number of halogens is 2. The summed E-state index contributed by atoms with van der Waals surface area (Å²) in [5, 5.41) is 13.6. The van der Waals surface area contributed by atoms with Gasteiger partial charge in [-0.1, -0.05) is 52.6 Å². The fourth-order valence-corrected chi connectivity index (χ4v) is 2.46. The van der Waals surface area contributed by atoms with E-state index in [4.69, 9.17) is 32.7 Å². The van der Waals surface area contributed by atoms with Crippen molar-refractivity contribution in [2.45, 2.75) is 4.90 Å². The van der Waals surface area contributed by atoms with Crippen LogP contribution in [0.2, 0.25) is 10.0 Å². The summed E-state index contributed by atoms with van der Waals surface area (Å²) in [5.74, 6) is 0. The van der Waals surface area contributed by atoms with Crippen molar-refractivity contribution < 1.29 is 4.28 Å². The molecule has 3 nitrogen and oxygen atoms in total. The van der Waals surface area contributed by atoms with Crippen LogP contribution in [0.5, 0.6) is 0 Å². The summed E-state index contributed by atoms with van der Waals surface area (Å²) < 4.78 is 5.10. The maximum atomic E-state index is 9.14. The zero-order valence-corrected chi connectivity index (χ0v) is 12.4. The highest BCUT2D eigenvalue weighted by molar-refractivity contribution is 7.94. The second-order valence-electron chi connectivity index (χ2n) is 3.62. The van der Waals surface area contributed by atoms with Crippen molar-refractivity contribution in [3.8, 4) is 6.07 Å². The van der Waals surface area contributed by atoms with E-state index in [1.54, 1.807) is 18.2 Å². The fourth-order valence-electron chi connectivity index (χ4n) is 1.42. The van der Waals surface area contributed by atoms with Gasteiger partial charge >= 0.3 is 0 Å². The molecule has 0 radical (unpaired) electrons. The first kappa shape index (κ1) is 14.7. The van der Waals surface area contributed by atoms with Gasteiger partial charge < -0.3 is 4.28 Å². The molecule has 20 heavy (non-hydrogen) atoms. The van der Waals surface area contributed by atoms with Crippen molar-refractivity contribution in [2.75, 3.05) is 0 Å². The quantitative estimate of drug-likeness (QED) is 0.454. The molecule has 0 aliphatic carbocycles. The predicted molar refractivity (Wildman–Crippen MR) is 82.0 cm³/mol. The Bertz CT molecular complexity index is 648. The summed E-state index contributed by atoms with van der Waals surface area (Å²) >= 11 is 13.1. The first-order valence-electron chi connectivity index (χ1n) is 5.53. The molecule has 0 atom stereocenters. The lowest BCUT2D eigenvalue weighted by molar-refractivity contribution is 0.406. The predicted octanol–water partition coefficient (Wildman–Crippen LogP) is 4.94. The van der Waals surface area contributed by atoms with Crippen molar-refractivity contribution in [3.05, 3.63) is 64.1 Å². The standard InChI is InChI=1S/C14H8Cl2N2OS/c15-11-7-4-8-12(16)14(11)13(9-17)18-19-20-10-5-2-1-3-6-10/h1-8H. The summed E-state index contributed by atoms with van der Waals surface area (Å²) in [6, 6.07) is 16.3. The highest BCUT2D eigenvalue weighted by Crippen LogP contribution is 2.26. The molecule has 0 saturated carbocycles. The number of nitriles is 1. The fraction of sp³-hybridized carbons (Fsp3) is 0. The lowest BCUT2D eigenvalue weighted by atomic mass is 10.1. The lowest BCUT2D eigenvalue weighted by Gasteiger charge is -2.03. The number of hydrogen-bond donors (Lipinski definition) is 0. The van der Waals surface area contributed by atoms with Crippen LogP contribution in [0.3, 0.4) is 0 Å². The maximum absolute atomic E-state index is 9.14. The molecule has 0 N–H and O–H groups in total. The third-order valence-corrected chi connectivity index (χ3v) is 3.55. The molecule has 2 rings (SSSR count). The molecule has 0 fully saturated rings. The molecule has 0 aliphatic heterocycles. The Labute approximate surface area is 131 Å². The summed E-state index contributed by atoms with van der Waals surface area (Å²) in [6.07, 6.45) is 0. The molecule has 0 heterocycles. The van der Waals surface area contributed by atoms with Crippen LogP contribution < -0.4 is 0 Å². The molecule has 0 bridgehead atoms. The second-order valence-corrected chi connectivity index (χ2v) is 5.22. The average Bonchev–Trinajstić information content (AvgIpc) is 2.46. The van der Waals surface area contributed by atoms with Gasteiger partial charge in [-0.2, -0.15) is 5.26 Å². The number of hydrogen-bond acceptors (Lipinski definition) is 4. The van der Waals surface area contributed by atoms with Gasteiger partial charge in [-0.05, 0) is 24.3 Å². The largest absolute Gasteiger partial charge is 0.316 e. The number of benzene rings is 2. The van der Waals surface area contributed by atoms with Gasteiger partial charge in [0, 0.05) is 0 Å². The summed E-state index contributed by atoms with van der Waals surface area (Å²) in [4.78, 5) is 0.874. The normalized spacial score (nSPS) is 10.9. The van der Waals surface area contributed by atoms with Gasteiger partial charge in [-0.15, -0.1) is 0 Å². The first-order chi connectivity index (χ1) is 9.72.